The molecule has 0 aliphatic carbocycles. The number of aryl methyl sites for hydroxylation is 1. The van der Waals surface area contributed by atoms with E-state index in [1.807, 2.05) is 38.1 Å². The molecule has 0 saturated carbocycles. The van der Waals surface area contributed by atoms with Crippen LogP contribution >= 0.6 is 11.8 Å². The fourth-order valence-corrected chi connectivity index (χ4v) is 4.78. The summed E-state index contributed by atoms with van der Waals surface area (Å²) in [7, 11) is -3.66. The lowest BCUT2D eigenvalue weighted by atomic mass is 10.1. The van der Waals surface area contributed by atoms with Crippen LogP contribution in [0.4, 0.5) is 5.69 Å². The minimum atomic E-state index is -3.66. The molecule has 0 bridgehead atoms. The predicted molar refractivity (Wildman–Crippen MR) is 100 cm³/mol. The second-order valence-electron chi connectivity index (χ2n) is 6.15. The van der Waals surface area contributed by atoms with Gasteiger partial charge in [0.15, 0.2) is 0 Å². The van der Waals surface area contributed by atoms with Crippen LogP contribution in [0.2, 0.25) is 0 Å². The summed E-state index contributed by atoms with van der Waals surface area (Å²) >= 11 is 1.57. The third-order valence-electron chi connectivity index (χ3n) is 3.89. The summed E-state index contributed by atoms with van der Waals surface area (Å²) in [6.45, 7) is 4.17. The van der Waals surface area contributed by atoms with Gasteiger partial charge in [-0.15, -0.1) is 11.8 Å². The quantitative estimate of drug-likeness (QED) is 0.859. The number of anilines is 1. The van der Waals surface area contributed by atoms with Crippen molar-refractivity contribution >= 4 is 33.4 Å². The summed E-state index contributed by atoms with van der Waals surface area (Å²) in [5, 5.41) is 2.95. The van der Waals surface area contributed by atoms with Crippen molar-refractivity contribution in [1.29, 1.82) is 0 Å². The lowest BCUT2D eigenvalue weighted by molar-refractivity contribution is -0.116. The van der Waals surface area contributed by atoms with Crippen LogP contribution in [0.3, 0.4) is 0 Å². The highest BCUT2D eigenvalue weighted by molar-refractivity contribution is 8.00. The zero-order chi connectivity index (χ0) is 18.0. The Kier molecular flexibility index (Phi) is 5.17. The fraction of sp³-hybridized carbons (Fsp3) is 0.278. The molecule has 1 heterocycles. The zero-order valence-electron chi connectivity index (χ0n) is 14.1. The topological polar surface area (TPSA) is 75.3 Å². The molecule has 3 rings (SSSR count). The number of sulfonamides is 1. The summed E-state index contributed by atoms with van der Waals surface area (Å²) in [4.78, 5) is 12.9. The first-order valence-electron chi connectivity index (χ1n) is 7.99. The summed E-state index contributed by atoms with van der Waals surface area (Å²) < 4.78 is 27.8. The van der Waals surface area contributed by atoms with Crippen LogP contribution in [0, 0.1) is 6.92 Å². The molecule has 1 unspecified atom stereocenters. The molecule has 132 valence electrons. The van der Waals surface area contributed by atoms with Gasteiger partial charge in [-0.25, -0.2) is 13.1 Å². The van der Waals surface area contributed by atoms with Gasteiger partial charge < -0.3 is 5.32 Å². The number of rotatable bonds is 4. The average Bonchev–Trinajstić information content (AvgIpc) is 2.68. The van der Waals surface area contributed by atoms with Crippen molar-refractivity contribution < 1.29 is 13.2 Å². The molecule has 1 amide bonds. The second kappa shape index (κ2) is 7.19. The summed E-state index contributed by atoms with van der Waals surface area (Å²) in [5.41, 5.74) is 2.53. The number of carbonyl (C=O) groups excluding carboxylic acids is 1. The number of nitrogens with one attached hydrogen (secondary N) is 2. The van der Waals surface area contributed by atoms with Crippen LogP contribution in [0.5, 0.6) is 0 Å². The molecule has 0 aromatic heterocycles. The van der Waals surface area contributed by atoms with Crippen LogP contribution < -0.4 is 10.0 Å². The highest BCUT2D eigenvalue weighted by atomic mass is 32.2. The van der Waals surface area contributed by atoms with Gasteiger partial charge in [0.05, 0.1) is 10.6 Å². The Bertz CT molecular complexity index is 910. The van der Waals surface area contributed by atoms with Gasteiger partial charge in [-0.2, -0.15) is 0 Å². The van der Waals surface area contributed by atoms with Crippen molar-refractivity contribution in [3.8, 4) is 0 Å². The third-order valence-corrected chi connectivity index (χ3v) is 6.46. The number of hydrogen-bond acceptors (Lipinski definition) is 4. The van der Waals surface area contributed by atoms with E-state index in [0.717, 1.165) is 16.0 Å². The molecule has 1 atom stereocenters. The Morgan fingerprint density at radius 1 is 1.24 bits per heavy atom. The number of thioether (sulfide) groups is 1. The number of fused-ring (bicyclic) bond motifs is 1. The maximum absolute atomic E-state index is 12.6. The molecule has 2 aromatic rings. The first-order valence-corrected chi connectivity index (χ1v) is 10.4. The first kappa shape index (κ1) is 18.0. The van der Waals surface area contributed by atoms with Gasteiger partial charge in [0.25, 0.3) is 0 Å². The maximum Gasteiger partial charge on any atom is 0.240 e. The van der Waals surface area contributed by atoms with Crippen molar-refractivity contribution in [1.82, 2.24) is 4.72 Å². The van der Waals surface area contributed by atoms with Gasteiger partial charge >= 0.3 is 0 Å². The Morgan fingerprint density at radius 3 is 2.80 bits per heavy atom. The number of carbonyl (C=O) groups is 1. The molecule has 0 radical (unpaired) electrons. The zero-order valence-corrected chi connectivity index (χ0v) is 15.7. The van der Waals surface area contributed by atoms with Gasteiger partial charge in [0.2, 0.25) is 15.9 Å². The minimum Gasteiger partial charge on any atom is -0.325 e. The van der Waals surface area contributed by atoms with Gasteiger partial charge in [-0.3, -0.25) is 4.79 Å². The standard InChI is InChI=1S/C18H20N2O3S2/c1-12-4-3-5-14(8-12)11-19-25(22,23)15-6-7-17-16(10-15)20-18(21)9-13(2)24-17/h3-8,10,13,19H,9,11H2,1-2H3,(H,20,21). The van der Waals surface area contributed by atoms with E-state index >= 15 is 0 Å². The van der Waals surface area contributed by atoms with Crippen molar-refractivity contribution in [3.05, 3.63) is 53.6 Å². The average molecular weight is 377 g/mol. The molecule has 2 N–H and O–H groups in total. The Morgan fingerprint density at radius 2 is 2.04 bits per heavy atom. The normalized spacial score (nSPS) is 17.5. The molecule has 5 nitrogen and oxygen atoms in total. The Labute approximate surface area is 152 Å². The van der Waals surface area contributed by atoms with Crippen LogP contribution in [0.25, 0.3) is 0 Å². The van der Waals surface area contributed by atoms with Gasteiger partial charge in [-0.1, -0.05) is 36.8 Å². The lowest BCUT2D eigenvalue weighted by Crippen LogP contribution is -2.23. The maximum atomic E-state index is 12.6. The van der Waals surface area contributed by atoms with Crippen LogP contribution in [-0.2, 0) is 21.4 Å². The predicted octanol–water partition coefficient (Wildman–Crippen LogP) is 3.30. The van der Waals surface area contributed by atoms with E-state index < -0.39 is 10.0 Å². The van der Waals surface area contributed by atoms with Gasteiger partial charge in [0.1, 0.15) is 0 Å². The highest BCUT2D eigenvalue weighted by Gasteiger charge is 2.22. The Hall–Kier alpha value is -1.83. The molecule has 2 aromatic carbocycles. The molecular weight excluding hydrogens is 356 g/mol. The molecular formula is C18H20N2O3S2. The van der Waals surface area contributed by atoms with E-state index in [4.69, 9.17) is 0 Å². The van der Waals surface area contributed by atoms with Crippen molar-refractivity contribution in [3.63, 3.8) is 0 Å². The van der Waals surface area contributed by atoms with Gasteiger partial charge in [0, 0.05) is 23.1 Å². The molecule has 25 heavy (non-hydrogen) atoms. The smallest absolute Gasteiger partial charge is 0.240 e. The van der Waals surface area contributed by atoms with Crippen LogP contribution in [0.15, 0.2) is 52.3 Å². The van der Waals surface area contributed by atoms with E-state index in [1.165, 1.54) is 6.07 Å². The minimum absolute atomic E-state index is 0.0963. The number of benzene rings is 2. The van der Waals surface area contributed by atoms with E-state index in [2.05, 4.69) is 10.0 Å². The van der Waals surface area contributed by atoms with E-state index in [1.54, 1.807) is 23.9 Å². The van der Waals surface area contributed by atoms with Crippen molar-refractivity contribution in [2.45, 2.75) is 41.9 Å². The summed E-state index contributed by atoms with van der Waals surface area (Å²) in [5.74, 6) is -0.0963. The Balaban J connectivity index is 1.82. The van der Waals surface area contributed by atoms with Gasteiger partial charge in [-0.05, 0) is 30.7 Å². The molecule has 0 fully saturated rings. The summed E-state index contributed by atoms with van der Waals surface area (Å²) in [6, 6.07) is 12.5. The number of amides is 1. The third kappa shape index (κ3) is 4.42. The summed E-state index contributed by atoms with van der Waals surface area (Å²) in [6.07, 6.45) is 0.410. The molecule has 7 heteroatoms. The molecule has 1 aliphatic heterocycles. The largest absolute Gasteiger partial charge is 0.325 e. The van der Waals surface area contributed by atoms with Crippen molar-refractivity contribution in [2.75, 3.05) is 5.32 Å². The van der Waals surface area contributed by atoms with Crippen molar-refractivity contribution in [2.24, 2.45) is 0 Å². The fourth-order valence-electron chi connectivity index (χ4n) is 2.68. The van der Waals surface area contributed by atoms with E-state index in [9.17, 15) is 13.2 Å². The monoisotopic (exact) mass is 376 g/mol. The second-order valence-corrected chi connectivity index (χ2v) is 9.40. The van der Waals surface area contributed by atoms with E-state index in [-0.39, 0.29) is 22.6 Å². The number of hydrogen-bond donors (Lipinski definition) is 2. The first-order chi connectivity index (χ1) is 11.8. The SMILES string of the molecule is Cc1cccc(CNS(=O)(=O)c2ccc3c(c2)NC(=O)CC(C)S3)c1. The highest BCUT2D eigenvalue weighted by Crippen LogP contribution is 2.36. The molecule has 1 aliphatic rings. The molecule has 0 spiro atoms. The lowest BCUT2D eigenvalue weighted by Gasteiger charge is -2.11. The van der Waals surface area contributed by atoms with E-state index in [0.29, 0.717) is 12.1 Å². The van der Waals surface area contributed by atoms with Crippen LogP contribution in [0.1, 0.15) is 24.5 Å². The molecule has 0 saturated heterocycles. The van der Waals surface area contributed by atoms with Crippen LogP contribution in [-0.4, -0.2) is 19.6 Å².